The molecule has 0 atom stereocenters. The van der Waals surface area contributed by atoms with Crippen molar-refractivity contribution in [1.82, 2.24) is 14.8 Å². The van der Waals surface area contributed by atoms with Gasteiger partial charge in [-0.05, 0) is 26.0 Å². The monoisotopic (exact) mass is 202 g/mol. The van der Waals surface area contributed by atoms with E-state index in [2.05, 4.69) is 23.9 Å². The first-order valence-electron chi connectivity index (χ1n) is 4.94. The molecule has 15 heavy (non-hydrogen) atoms. The van der Waals surface area contributed by atoms with Crippen LogP contribution >= 0.6 is 0 Å². The van der Waals surface area contributed by atoms with Crippen LogP contribution in [0.2, 0.25) is 0 Å². The number of anilines is 1. The van der Waals surface area contributed by atoms with Crippen LogP contribution in [0.25, 0.3) is 11.3 Å². The summed E-state index contributed by atoms with van der Waals surface area (Å²) in [6.45, 7) is 4.17. The van der Waals surface area contributed by atoms with Crippen molar-refractivity contribution >= 4 is 5.82 Å². The summed E-state index contributed by atoms with van der Waals surface area (Å²) < 4.78 is 1.90. The molecule has 4 heteroatoms. The lowest BCUT2D eigenvalue weighted by molar-refractivity contribution is 0.532. The Morgan fingerprint density at radius 1 is 1.33 bits per heavy atom. The molecule has 2 rings (SSSR count). The second-order valence-electron chi connectivity index (χ2n) is 3.75. The maximum absolute atomic E-state index is 5.62. The Morgan fingerprint density at radius 3 is 2.73 bits per heavy atom. The van der Waals surface area contributed by atoms with Crippen LogP contribution < -0.4 is 5.73 Å². The molecule has 0 fully saturated rings. The van der Waals surface area contributed by atoms with Gasteiger partial charge in [-0.15, -0.1) is 0 Å². The van der Waals surface area contributed by atoms with Crippen LogP contribution in [0.4, 0.5) is 5.82 Å². The standard InChI is InChI=1S/C11H14N4/c1-8(2)15-7-9(6-13-15)10-4-3-5-11(12)14-10/h3-8H,1-2H3,(H2,12,14). The van der Waals surface area contributed by atoms with Gasteiger partial charge in [0.1, 0.15) is 5.82 Å². The van der Waals surface area contributed by atoms with Gasteiger partial charge in [0.25, 0.3) is 0 Å². The van der Waals surface area contributed by atoms with E-state index in [1.54, 1.807) is 6.07 Å². The first kappa shape index (κ1) is 9.71. The highest BCUT2D eigenvalue weighted by molar-refractivity contribution is 5.58. The van der Waals surface area contributed by atoms with E-state index in [4.69, 9.17) is 5.73 Å². The SMILES string of the molecule is CC(C)n1cc(-c2cccc(N)n2)cn1. The van der Waals surface area contributed by atoms with Crippen LogP contribution in [0.3, 0.4) is 0 Å². The fraction of sp³-hybridized carbons (Fsp3) is 0.273. The van der Waals surface area contributed by atoms with E-state index in [9.17, 15) is 0 Å². The number of aromatic nitrogens is 3. The number of rotatable bonds is 2. The first-order valence-corrected chi connectivity index (χ1v) is 4.94. The van der Waals surface area contributed by atoms with E-state index < -0.39 is 0 Å². The third-order valence-electron chi connectivity index (χ3n) is 2.20. The summed E-state index contributed by atoms with van der Waals surface area (Å²) in [6.07, 6.45) is 3.79. The molecule has 2 aromatic heterocycles. The summed E-state index contributed by atoms with van der Waals surface area (Å²) in [5.41, 5.74) is 7.48. The highest BCUT2D eigenvalue weighted by atomic mass is 15.3. The van der Waals surface area contributed by atoms with Crippen molar-refractivity contribution < 1.29 is 0 Å². The zero-order valence-electron chi connectivity index (χ0n) is 8.88. The molecular weight excluding hydrogens is 188 g/mol. The fourth-order valence-corrected chi connectivity index (χ4v) is 1.36. The molecule has 78 valence electrons. The van der Waals surface area contributed by atoms with Crippen molar-refractivity contribution in [2.75, 3.05) is 5.73 Å². The molecule has 0 unspecified atom stereocenters. The van der Waals surface area contributed by atoms with Gasteiger partial charge in [0, 0.05) is 17.8 Å². The molecular formula is C11H14N4. The van der Waals surface area contributed by atoms with Crippen molar-refractivity contribution in [1.29, 1.82) is 0 Å². The van der Waals surface area contributed by atoms with Gasteiger partial charge in [-0.25, -0.2) is 4.98 Å². The maximum Gasteiger partial charge on any atom is 0.124 e. The smallest absolute Gasteiger partial charge is 0.124 e. The second-order valence-corrected chi connectivity index (χ2v) is 3.75. The molecule has 0 radical (unpaired) electrons. The highest BCUT2D eigenvalue weighted by Gasteiger charge is 2.04. The van der Waals surface area contributed by atoms with Crippen LogP contribution in [0.1, 0.15) is 19.9 Å². The van der Waals surface area contributed by atoms with Gasteiger partial charge in [0.05, 0.1) is 11.9 Å². The topological polar surface area (TPSA) is 56.7 Å². The minimum absolute atomic E-state index is 0.361. The maximum atomic E-state index is 5.62. The predicted octanol–water partition coefficient (Wildman–Crippen LogP) is 2.11. The average molecular weight is 202 g/mol. The lowest BCUT2D eigenvalue weighted by atomic mass is 10.2. The van der Waals surface area contributed by atoms with E-state index >= 15 is 0 Å². The summed E-state index contributed by atoms with van der Waals surface area (Å²) >= 11 is 0. The van der Waals surface area contributed by atoms with Crippen LogP contribution in [0, 0.1) is 0 Å². The lowest BCUT2D eigenvalue weighted by Crippen LogP contribution is -1.99. The second kappa shape index (κ2) is 3.73. The first-order chi connectivity index (χ1) is 7.16. The Bertz CT molecular complexity index is 459. The van der Waals surface area contributed by atoms with Gasteiger partial charge >= 0.3 is 0 Å². The zero-order chi connectivity index (χ0) is 10.8. The van der Waals surface area contributed by atoms with Gasteiger partial charge in [-0.1, -0.05) is 6.07 Å². The largest absolute Gasteiger partial charge is 0.384 e. The number of nitrogen functional groups attached to an aromatic ring is 1. The minimum Gasteiger partial charge on any atom is -0.384 e. The minimum atomic E-state index is 0.361. The third kappa shape index (κ3) is 1.98. The molecule has 2 N–H and O–H groups in total. The summed E-state index contributed by atoms with van der Waals surface area (Å²) in [5, 5.41) is 4.26. The van der Waals surface area contributed by atoms with Crippen LogP contribution in [0.5, 0.6) is 0 Å². The predicted molar refractivity (Wildman–Crippen MR) is 60.3 cm³/mol. The summed E-state index contributed by atoms with van der Waals surface area (Å²) in [7, 11) is 0. The van der Waals surface area contributed by atoms with Crippen molar-refractivity contribution in [2.45, 2.75) is 19.9 Å². The molecule has 0 aromatic carbocycles. The number of hydrogen-bond donors (Lipinski definition) is 1. The summed E-state index contributed by atoms with van der Waals surface area (Å²) in [4.78, 5) is 4.24. The Labute approximate surface area is 88.8 Å². The van der Waals surface area contributed by atoms with E-state index in [0.29, 0.717) is 11.9 Å². The molecule has 0 amide bonds. The van der Waals surface area contributed by atoms with Crippen LogP contribution in [0.15, 0.2) is 30.6 Å². The van der Waals surface area contributed by atoms with Gasteiger partial charge in [-0.2, -0.15) is 5.10 Å². The van der Waals surface area contributed by atoms with E-state index in [0.717, 1.165) is 11.3 Å². The Morgan fingerprint density at radius 2 is 2.13 bits per heavy atom. The van der Waals surface area contributed by atoms with Gasteiger partial charge in [0.15, 0.2) is 0 Å². The number of nitrogens with zero attached hydrogens (tertiary/aromatic N) is 3. The van der Waals surface area contributed by atoms with Crippen molar-refractivity contribution in [3.8, 4) is 11.3 Å². The number of hydrogen-bond acceptors (Lipinski definition) is 3. The molecule has 0 bridgehead atoms. The Hall–Kier alpha value is -1.84. The molecule has 0 aliphatic rings. The van der Waals surface area contributed by atoms with Crippen LogP contribution in [-0.4, -0.2) is 14.8 Å². The molecule has 0 aliphatic heterocycles. The van der Waals surface area contributed by atoms with E-state index in [-0.39, 0.29) is 0 Å². The molecule has 4 nitrogen and oxygen atoms in total. The normalized spacial score (nSPS) is 10.9. The van der Waals surface area contributed by atoms with Crippen molar-refractivity contribution in [3.05, 3.63) is 30.6 Å². The number of pyridine rings is 1. The highest BCUT2D eigenvalue weighted by Crippen LogP contribution is 2.18. The lowest BCUT2D eigenvalue weighted by Gasteiger charge is -2.03. The van der Waals surface area contributed by atoms with E-state index in [1.165, 1.54) is 0 Å². The van der Waals surface area contributed by atoms with E-state index in [1.807, 2.05) is 29.2 Å². The van der Waals surface area contributed by atoms with Gasteiger partial charge < -0.3 is 5.73 Å². The van der Waals surface area contributed by atoms with Gasteiger partial charge in [-0.3, -0.25) is 4.68 Å². The van der Waals surface area contributed by atoms with Gasteiger partial charge in [0.2, 0.25) is 0 Å². The molecule has 0 spiro atoms. The molecule has 2 aromatic rings. The molecule has 2 heterocycles. The zero-order valence-corrected chi connectivity index (χ0v) is 8.88. The fourth-order valence-electron chi connectivity index (χ4n) is 1.36. The quantitative estimate of drug-likeness (QED) is 0.811. The summed E-state index contributed by atoms with van der Waals surface area (Å²) in [6, 6.07) is 5.96. The Kier molecular flexibility index (Phi) is 2.41. The van der Waals surface area contributed by atoms with Crippen molar-refractivity contribution in [3.63, 3.8) is 0 Å². The molecule has 0 saturated heterocycles. The van der Waals surface area contributed by atoms with Crippen molar-refractivity contribution in [2.24, 2.45) is 0 Å². The number of nitrogens with two attached hydrogens (primary N) is 1. The summed E-state index contributed by atoms with van der Waals surface area (Å²) in [5.74, 6) is 0.532. The molecule has 0 aliphatic carbocycles. The molecule has 0 saturated carbocycles. The van der Waals surface area contributed by atoms with Crippen LogP contribution in [-0.2, 0) is 0 Å². The average Bonchev–Trinajstić information content (AvgIpc) is 2.66. The Balaban J connectivity index is 2.37. The third-order valence-corrected chi connectivity index (χ3v) is 2.20.